The van der Waals surface area contributed by atoms with E-state index in [1.165, 1.54) is 16.7 Å². The van der Waals surface area contributed by atoms with Gasteiger partial charge in [-0.1, -0.05) is 29.3 Å². The summed E-state index contributed by atoms with van der Waals surface area (Å²) in [5.74, 6) is 0.455. The normalized spacial score (nSPS) is 12.3. The maximum atomic E-state index is 10.9. The third-order valence-corrected chi connectivity index (χ3v) is 3.73. The first kappa shape index (κ1) is 18.4. The van der Waals surface area contributed by atoms with Crippen molar-refractivity contribution < 1.29 is 8.42 Å². The number of nitrogens with zero attached hydrogens (tertiary/aromatic N) is 1. The number of aliphatic imine (C=N–C) groups is 1. The van der Waals surface area contributed by atoms with Crippen LogP contribution in [0.25, 0.3) is 0 Å². The Labute approximate surface area is 133 Å². The van der Waals surface area contributed by atoms with Crippen LogP contribution >= 0.6 is 0 Å². The average Bonchev–Trinajstić information content (AvgIpc) is 2.36. The second-order valence-corrected chi connectivity index (χ2v) is 7.03. The van der Waals surface area contributed by atoms with Crippen molar-refractivity contribution in [3.8, 4) is 0 Å². The van der Waals surface area contributed by atoms with Gasteiger partial charge in [0.1, 0.15) is 0 Å². The number of rotatable bonds is 7. The number of sulfonamides is 1. The van der Waals surface area contributed by atoms with Gasteiger partial charge < -0.3 is 10.6 Å². The molecule has 0 fully saturated rings. The van der Waals surface area contributed by atoms with E-state index in [2.05, 4.69) is 47.7 Å². The van der Waals surface area contributed by atoms with Gasteiger partial charge in [0, 0.05) is 13.1 Å². The lowest BCUT2D eigenvalue weighted by Crippen LogP contribution is -2.38. The summed E-state index contributed by atoms with van der Waals surface area (Å²) >= 11 is 0. The molecule has 0 radical (unpaired) electrons. The lowest BCUT2D eigenvalue weighted by molar-refractivity contribution is 0.597. The zero-order valence-corrected chi connectivity index (χ0v) is 14.3. The van der Waals surface area contributed by atoms with E-state index in [0.29, 0.717) is 12.5 Å². The molecule has 0 saturated heterocycles. The van der Waals surface area contributed by atoms with Crippen LogP contribution in [0.2, 0.25) is 0 Å². The molecule has 0 bridgehead atoms. The van der Waals surface area contributed by atoms with E-state index in [0.717, 1.165) is 13.0 Å². The van der Waals surface area contributed by atoms with Gasteiger partial charge in [0.2, 0.25) is 10.0 Å². The summed E-state index contributed by atoms with van der Waals surface area (Å²) in [6.45, 7) is 7.72. The maximum Gasteiger partial charge on any atom is 0.210 e. The summed E-state index contributed by atoms with van der Waals surface area (Å²) in [6, 6.07) is 6.48. The third-order valence-electron chi connectivity index (χ3n) is 2.98. The molecule has 0 heterocycles. The summed E-state index contributed by atoms with van der Waals surface area (Å²) in [5, 5.41) is 11.2. The largest absolute Gasteiger partial charge is 0.357 e. The van der Waals surface area contributed by atoms with Crippen molar-refractivity contribution in [2.75, 3.05) is 25.4 Å². The van der Waals surface area contributed by atoms with Gasteiger partial charge >= 0.3 is 0 Å². The fraction of sp³-hybridized carbons (Fsp3) is 0.533. The number of nitrogens with two attached hydrogens (primary N) is 1. The van der Waals surface area contributed by atoms with Crippen LogP contribution in [-0.2, 0) is 16.4 Å². The maximum absolute atomic E-state index is 10.9. The van der Waals surface area contributed by atoms with Crippen LogP contribution in [0.15, 0.2) is 23.2 Å². The van der Waals surface area contributed by atoms with Gasteiger partial charge in [-0.2, -0.15) is 0 Å². The molecular formula is C15H26N4O2S. The first-order chi connectivity index (χ1) is 10.3. The standard InChI is InChI=1S/C15H26N4O2S/c1-4-17-15(19-7-8-22(16,20)21)18-6-5-14-10-12(2)9-13(3)11-14/h9-11H,4-8H2,1-3H3,(H2,16,20,21)(H2,17,18,19). The highest BCUT2D eigenvalue weighted by Crippen LogP contribution is 2.08. The summed E-state index contributed by atoms with van der Waals surface area (Å²) in [6.07, 6.45) is 0.877. The first-order valence-corrected chi connectivity index (χ1v) is 9.11. The second-order valence-electron chi connectivity index (χ2n) is 5.30. The Kier molecular flexibility index (Phi) is 7.34. The monoisotopic (exact) mass is 326 g/mol. The Morgan fingerprint density at radius 1 is 1.18 bits per heavy atom. The summed E-state index contributed by atoms with van der Waals surface area (Å²) in [7, 11) is -3.47. The number of aryl methyl sites for hydroxylation is 2. The summed E-state index contributed by atoms with van der Waals surface area (Å²) < 4.78 is 21.8. The van der Waals surface area contributed by atoms with Crippen LogP contribution in [0, 0.1) is 13.8 Å². The van der Waals surface area contributed by atoms with Crippen molar-refractivity contribution in [1.29, 1.82) is 0 Å². The molecule has 0 spiro atoms. The molecule has 1 aromatic carbocycles. The van der Waals surface area contributed by atoms with Gasteiger partial charge in [-0.05, 0) is 32.8 Å². The van der Waals surface area contributed by atoms with Crippen molar-refractivity contribution in [2.45, 2.75) is 27.2 Å². The number of nitrogens with one attached hydrogen (secondary N) is 2. The highest BCUT2D eigenvalue weighted by Gasteiger charge is 2.03. The van der Waals surface area contributed by atoms with E-state index in [4.69, 9.17) is 5.14 Å². The molecule has 4 N–H and O–H groups in total. The molecule has 7 heteroatoms. The molecule has 6 nitrogen and oxygen atoms in total. The Morgan fingerprint density at radius 3 is 2.36 bits per heavy atom. The molecule has 0 amide bonds. The van der Waals surface area contributed by atoms with E-state index < -0.39 is 10.0 Å². The first-order valence-electron chi connectivity index (χ1n) is 7.40. The molecule has 1 aromatic rings. The highest BCUT2D eigenvalue weighted by atomic mass is 32.2. The van der Waals surface area contributed by atoms with Gasteiger partial charge in [0.15, 0.2) is 5.96 Å². The number of guanidine groups is 1. The Bertz CT molecular complexity index is 592. The number of primary sulfonamides is 1. The smallest absolute Gasteiger partial charge is 0.210 e. The molecule has 124 valence electrons. The highest BCUT2D eigenvalue weighted by molar-refractivity contribution is 7.89. The average molecular weight is 326 g/mol. The molecule has 0 saturated carbocycles. The van der Waals surface area contributed by atoms with E-state index in [1.54, 1.807) is 0 Å². The third kappa shape index (κ3) is 7.99. The minimum absolute atomic E-state index is 0.151. The van der Waals surface area contributed by atoms with Crippen LogP contribution < -0.4 is 15.8 Å². The quantitative estimate of drug-likeness (QED) is 0.507. The molecule has 0 aromatic heterocycles. The molecule has 0 unspecified atom stereocenters. The minimum Gasteiger partial charge on any atom is -0.357 e. The predicted octanol–water partition coefficient (Wildman–Crippen LogP) is 0.690. The Balaban J connectivity index is 2.51. The van der Waals surface area contributed by atoms with Crippen LogP contribution in [0.5, 0.6) is 0 Å². The molecule has 0 aliphatic rings. The molecule has 0 atom stereocenters. The predicted molar refractivity (Wildman–Crippen MR) is 91.6 cm³/mol. The van der Waals surface area contributed by atoms with E-state index in [-0.39, 0.29) is 12.3 Å². The van der Waals surface area contributed by atoms with E-state index >= 15 is 0 Å². The Hall–Kier alpha value is -1.60. The molecule has 22 heavy (non-hydrogen) atoms. The van der Waals surface area contributed by atoms with Crippen LogP contribution in [0.4, 0.5) is 0 Å². The number of hydrogen-bond acceptors (Lipinski definition) is 3. The van der Waals surface area contributed by atoms with E-state index in [9.17, 15) is 8.42 Å². The fourth-order valence-electron chi connectivity index (χ4n) is 2.16. The molecule has 1 rings (SSSR count). The summed E-state index contributed by atoms with van der Waals surface area (Å²) in [5.41, 5.74) is 3.78. The van der Waals surface area contributed by atoms with Crippen LogP contribution in [-0.4, -0.2) is 39.8 Å². The van der Waals surface area contributed by atoms with Gasteiger partial charge in [0.05, 0.1) is 12.3 Å². The van der Waals surface area contributed by atoms with Gasteiger partial charge in [0.25, 0.3) is 0 Å². The molecule has 0 aliphatic carbocycles. The fourth-order valence-corrected chi connectivity index (χ4v) is 2.51. The lowest BCUT2D eigenvalue weighted by atomic mass is 10.1. The van der Waals surface area contributed by atoms with Crippen LogP contribution in [0.1, 0.15) is 23.6 Å². The van der Waals surface area contributed by atoms with Crippen molar-refractivity contribution >= 4 is 16.0 Å². The van der Waals surface area contributed by atoms with Gasteiger partial charge in [-0.3, -0.25) is 4.99 Å². The van der Waals surface area contributed by atoms with E-state index in [1.807, 2.05) is 6.92 Å². The minimum atomic E-state index is -3.47. The molecule has 0 aliphatic heterocycles. The SMILES string of the molecule is CCNC(=NCCS(N)(=O)=O)NCCc1cc(C)cc(C)c1. The topological polar surface area (TPSA) is 96.6 Å². The number of benzene rings is 1. The van der Waals surface area contributed by atoms with Crippen LogP contribution in [0.3, 0.4) is 0 Å². The van der Waals surface area contributed by atoms with Crippen molar-refractivity contribution in [3.63, 3.8) is 0 Å². The van der Waals surface area contributed by atoms with Crippen molar-refractivity contribution in [3.05, 3.63) is 34.9 Å². The number of hydrogen-bond donors (Lipinski definition) is 3. The second kappa shape index (κ2) is 8.75. The zero-order chi connectivity index (χ0) is 16.6. The van der Waals surface area contributed by atoms with Gasteiger partial charge in [-0.25, -0.2) is 13.6 Å². The lowest BCUT2D eigenvalue weighted by Gasteiger charge is -2.11. The van der Waals surface area contributed by atoms with Crippen molar-refractivity contribution in [1.82, 2.24) is 10.6 Å². The summed E-state index contributed by atoms with van der Waals surface area (Å²) in [4.78, 5) is 4.20. The Morgan fingerprint density at radius 2 is 1.82 bits per heavy atom. The zero-order valence-electron chi connectivity index (χ0n) is 13.5. The van der Waals surface area contributed by atoms with Gasteiger partial charge in [-0.15, -0.1) is 0 Å². The molecular weight excluding hydrogens is 300 g/mol. The van der Waals surface area contributed by atoms with Crippen molar-refractivity contribution in [2.24, 2.45) is 10.1 Å².